The van der Waals surface area contributed by atoms with Crippen LogP contribution in [0.3, 0.4) is 0 Å². The molecule has 1 aromatic rings. The summed E-state index contributed by atoms with van der Waals surface area (Å²) in [6.07, 6.45) is 0.418. The van der Waals surface area contributed by atoms with Crippen molar-refractivity contribution in [3.63, 3.8) is 0 Å². The first kappa shape index (κ1) is 11.9. The van der Waals surface area contributed by atoms with Gasteiger partial charge in [0, 0.05) is 17.7 Å². The van der Waals surface area contributed by atoms with Crippen LogP contribution in [0, 0.1) is 11.6 Å². The van der Waals surface area contributed by atoms with E-state index in [1.165, 1.54) is 12.1 Å². The van der Waals surface area contributed by atoms with E-state index in [-0.39, 0.29) is 18.5 Å². The van der Waals surface area contributed by atoms with Gasteiger partial charge in [-0.15, -0.1) is 0 Å². The third-order valence-corrected chi connectivity index (χ3v) is 2.74. The van der Waals surface area contributed by atoms with Gasteiger partial charge in [-0.2, -0.15) is 0 Å². The quantitative estimate of drug-likeness (QED) is 0.748. The number of rotatable bonds is 3. The van der Waals surface area contributed by atoms with E-state index in [0.29, 0.717) is 12.0 Å². The number of hydrogen-bond acceptors (Lipinski definition) is 3. The topological polar surface area (TPSA) is 61.4 Å². The summed E-state index contributed by atoms with van der Waals surface area (Å²) in [5.74, 6) is -2.16. The molecule has 2 unspecified atom stereocenters. The molecule has 0 spiro atoms. The molecule has 2 atom stereocenters. The highest BCUT2D eigenvalue weighted by Crippen LogP contribution is 2.26. The van der Waals surface area contributed by atoms with Crippen LogP contribution in [0.4, 0.5) is 8.78 Å². The molecular weight excluding hydrogens is 230 g/mol. The van der Waals surface area contributed by atoms with Crippen LogP contribution in [0.2, 0.25) is 0 Å². The van der Waals surface area contributed by atoms with E-state index in [1.807, 2.05) is 0 Å². The molecule has 2 rings (SSSR count). The van der Waals surface area contributed by atoms with Gasteiger partial charge >= 0.3 is 5.97 Å². The third kappa shape index (κ3) is 2.78. The third-order valence-electron chi connectivity index (χ3n) is 2.74. The maximum absolute atomic E-state index is 13.5. The summed E-state index contributed by atoms with van der Waals surface area (Å²) >= 11 is 0. The molecular formula is C11H12F2N2O2. The van der Waals surface area contributed by atoms with Crippen LogP contribution in [0.5, 0.6) is 0 Å². The summed E-state index contributed by atoms with van der Waals surface area (Å²) < 4.78 is 26.2. The Balaban J connectivity index is 2.07. The zero-order chi connectivity index (χ0) is 12.4. The number of hydrazine groups is 1. The molecule has 3 N–H and O–H groups in total. The molecule has 4 nitrogen and oxygen atoms in total. The zero-order valence-corrected chi connectivity index (χ0v) is 8.91. The standard InChI is InChI=1S/C11H12F2N2O2/c12-6-1-2-8(9(13)3-6)10-4-7(14-15-10)5-11(16)17/h1-3,7,10,14-15H,4-5H2,(H,16,17). The van der Waals surface area contributed by atoms with E-state index < -0.39 is 17.6 Å². The molecule has 17 heavy (non-hydrogen) atoms. The lowest BCUT2D eigenvalue weighted by molar-refractivity contribution is -0.137. The number of halogens is 2. The van der Waals surface area contributed by atoms with Crippen LogP contribution < -0.4 is 10.9 Å². The second-order valence-corrected chi connectivity index (χ2v) is 4.04. The van der Waals surface area contributed by atoms with E-state index >= 15 is 0 Å². The fourth-order valence-corrected chi connectivity index (χ4v) is 1.95. The molecule has 1 saturated heterocycles. The fraction of sp³-hybridized carbons (Fsp3) is 0.364. The highest BCUT2D eigenvalue weighted by atomic mass is 19.1. The predicted molar refractivity (Wildman–Crippen MR) is 56.0 cm³/mol. The summed E-state index contributed by atoms with van der Waals surface area (Å²) in [6.45, 7) is 0. The van der Waals surface area contributed by atoms with Crippen molar-refractivity contribution in [1.29, 1.82) is 0 Å². The smallest absolute Gasteiger partial charge is 0.304 e. The lowest BCUT2D eigenvalue weighted by Gasteiger charge is -2.10. The first-order valence-corrected chi connectivity index (χ1v) is 5.24. The molecule has 0 radical (unpaired) electrons. The Hall–Kier alpha value is -1.53. The maximum Gasteiger partial charge on any atom is 0.304 e. The molecule has 1 heterocycles. The normalized spacial score (nSPS) is 23.9. The highest BCUT2D eigenvalue weighted by molar-refractivity contribution is 5.67. The minimum atomic E-state index is -0.912. The van der Waals surface area contributed by atoms with Crippen LogP contribution in [-0.2, 0) is 4.79 Å². The average molecular weight is 242 g/mol. The molecule has 1 aliphatic heterocycles. The van der Waals surface area contributed by atoms with E-state index in [1.54, 1.807) is 0 Å². The molecule has 0 aliphatic carbocycles. The molecule has 1 fully saturated rings. The van der Waals surface area contributed by atoms with Gasteiger partial charge in [0.05, 0.1) is 12.5 Å². The molecule has 6 heteroatoms. The number of hydrogen-bond donors (Lipinski definition) is 3. The van der Waals surface area contributed by atoms with Crippen LogP contribution >= 0.6 is 0 Å². The largest absolute Gasteiger partial charge is 0.481 e. The minimum absolute atomic E-state index is 0.0354. The first-order chi connectivity index (χ1) is 8.06. The van der Waals surface area contributed by atoms with Gasteiger partial charge in [-0.1, -0.05) is 6.07 Å². The Morgan fingerprint density at radius 2 is 2.18 bits per heavy atom. The van der Waals surface area contributed by atoms with E-state index in [2.05, 4.69) is 10.9 Å². The summed E-state index contributed by atoms with van der Waals surface area (Å²) in [7, 11) is 0. The number of aliphatic carboxylic acids is 1. The molecule has 0 aromatic heterocycles. The summed E-state index contributed by atoms with van der Waals surface area (Å²) in [5.41, 5.74) is 5.94. The van der Waals surface area contributed by atoms with Crippen LogP contribution in [0.1, 0.15) is 24.4 Å². The van der Waals surface area contributed by atoms with Crippen LogP contribution in [0.25, 0.3) is 0 Å². The van der Waals surface area contributed by atoms with Crippen LogP contribution in [0.15, 0.2) is 18.2 Å². The maximum atomic E-state index is 13.5. The van der Waals surface area contributed by atoms with Gasteiger partial charge in [-0.3, -0.25) is 10.2 Å². The Labute approximate surface area is 96.6 Å². The van der Waals surface area contributed by atoms with E-state index in [4.69, 9.17) is 5.11 Å². The SMILES string of the molecule is O=C(O)CC1CC(c2ccc(F)cc2F)NN1. The second-order valence-electron chi connectivity index (χ2n) is 4.04. The van der Waals surface area contributed by atoms with Gasteiger partial charge in [0.25, 0.3) is 0 Å². The Bertz CT molecular complexity index is 439. The average Bonchev–Trinajstić information content (AvgIpc) is 2.65. The van der Waals surface area contributed by atoms with Gasteiger partial charge in [-0.25, -0.2) is 14.2 Å². The van der Waals surface area contributed by atoms with Gasteiger partial charge in [0.1, 0.15) is 11.6 Å². The van der Waals surface area contributed by atoms with E-state index in [0.717, 1.165) is 6.07 Å². The number of carboxylic acid groups (broad SMARTS) is 1. The van der Waals surface area contributed by atoms with Gasteiger partial charge in [0.15, 0.2) is 0 Å². The number of nitrogens with one attached hydrogen (secondary N) is 2. The lowest BCUT2D eigenvalue weighted by atomic mass is 10.00. The molecule has 92 valence electrons. The number of benzene rings is 1. The summed E-state index contributed by atoms with van der Waals surface area (Å²) in [4.78, 5) is 10.5. The van der Waals surface area contributed by atoms with Crippen molar-refractivity contribution in [2.24, 2.45) is 0 Å². The first-order valence-electron chi connectivity index (χ1n) is 5.24. The Kier molecular flexibility index (Phi) is 3.35. The summed E-state index contributed by atoms with van der Waals surface area (Å²) in [5, 5.41) is 8.63. The zero-order valence-electron chi connectivity index (χ0n) is 8.91. The second kappa shape index (κ2) is 4.77. The molecule has 1 aromatic carbocycles. The van der Waals surface area contributed by atoms with Crippen LogP contribution in [-0.4, -0.2) is 17.1 Å². The molecule has 0 saturated carbocycles. The monoisotopic (exact) mass is 242 g/mol. The lowest BCUT2D eigenvalue weighted by Crippen LogP contribution is -2.32. The Morgan fingerprint density at radius 1 is 1.41 bits per heavy atom. The van der Waals surface area contributed by atoms with Crippen molar-refractivity contribution >= 4 is 5.97 Å². The van der Waals surface area contributed by atoms with E-state index in [9.17, 15) is 13.6 Å². The van der Waals surface area contributed by atoms with Crippen molar-refractivity contribution in [2.75, 3.05) is 0 Å². The van der Waals surface area contributed by atoms with Crippen molar-refractivity contribution in [2.45, 2.75) is 24.9 Å². The predicted octanol–water partition coefficient (Wildman–Crippen LogP) is 1.35. The molecule has 0 bridgehead atoms. The minimum Gasteiger partial charge on any atom is -0.481 e. The molecule has 1 aliphatic rings. The number of carbonyl (C=O) groups is 1. The van der Waals surface area contributed by atoms with Gasteiger partial charge < -0.3 is 5.11 Å². The van der Waals surface area contributed by atoms with Crippen molar-refractivity contribution in [3.8, 4) is 0 Å². The van der Waals surface area contributed by atoms with Gasteiger partial charge in [-0.05, 0) is 12.5 Å². The number of carboxylic acids is 1. The van der Waals surface area contributed by atoms with Gasteiger partial charge in [0.2, 0.25) is 0 Å². The summed E-state index contributed by atoms with van der Waals surface area (Å²) in [6, 6.07) is 2.79. The van der Waals surface area contributed by atoms with Crippen molar-refractivity contribution < 1.29 is 18.7 Å². The molecule has 0 amide bonds. The van der Waals surface area contributed by atoms with Crippen molar-refractivity contribution in [1.82, 2.24) is 10.9 Å². The fourth-order valence-electron chi connectivity index (χ4n) is 1.95. The Morgan fingerprint density at radius 3 is 2.82 bits per heavy atom. The highest BCUT2D eigenvalue weighted by Gasteiger charge is 2.28. The van der Waals surface area contributed by atoms with Crippen molar-refractivity contribution in [3.05, 3.63) is 35.4 Å².